The average Bonchev–Trinajstić information content (AvgIpc) is 2.69. The molecule has 5 nitrogen and oxygen atoms in total. The lowest BCUT2D eigenvalue weighted by Gasteiger charge is -2.46. The monoisotopic (exact) mass is 378 g/mol. The van der Waals surface area contributed by atoms with Crippen molar-refractivity contribution in [3.8, 4) is 0 Å². The summed E-state index contributed by atoms with van der Waals surface area (Å²) in [6.07, 6.45) is 3.96. The van der Waals surface area contributed by atoms with Gasteiger partial charge in [0, 0.05) is 30.4 Å². The minimum Gasteiger partial charge on any atom is -0.362 e. The standard InChI is InChI=1S/C22H23FN4O/c1-26-13-11-19-17(14-26)16-8-5-9-18(23)21(16)22(28)27(19)20(24)10-12-25-15-6-3-2-4-7-15/h2-10,12,17,19,24-25H,11,13-14H2,1H3/b12-10-,24-20?. The van der Waals surface area contributed by atoms with E-state index < -0.39 is 11.7 Å². The van der Waals surface area contributed by atoms with Gasteiger partial charge < -0.3 is 10.2 Å². The van der Waals surface area contributed by atoms with E-state index in [-0.39, 0.29) is 23.4 Å². The molecule has 2 atom stereocenters. The number of piperidine rings is 1. The number of benzene rings is 2. The number of amidine groups is 1. The van der Waals surface area contributed by atoms with Crippen molar-refractivity contribution in [2.45, 2.75) is 18.4 Å². The number of hydrogen-bond donors (Lipinski definition) is 2. The Labute approximate surface area is 164 Å². The maximum Gasteiger partial charge on any atom is 0.262 e. The molecule has 4 rings (SSSR count). The summed E-state index contributed by atoms with van der Waals surface area (Å²) in [7, 11) is 2.03. The zero-order chi connectivity index (χ0) is 19.7. The maximum absolute atomic E-state index is 14.5. The Morgan fingerprint density at radius 2 is 2.00 bits per heavy atom. The van der Waals surface area contributed by atoms with Crippen LogP contribution in [0.1, 0.15) is 28.3 Å². The van der Waals surface area contributed by atoms with Gasteiger partial charge >= 0.3 is 0 Å². The largest absolute Gasteiger partial charge is 0.362 e. The Balaban J connectivity index is 1.63. The summed E-state index contributed by atoms with van der Waals surface area (Å²) in [5, 5.41) is 11.6. The van der Waals surface area contributed by atoms with Crippen LogP contribution in [0.5, 0.6) is 0 Å². The highest BCUT2D eigenvalue weighted by Crippen LogP contribution is 2.39. The van der Waals surface area contributed by atoms with Crippen molar-refractivity contribution >= 4 is 17.4 Å². The first-order chi connectivity index (χ1) is 13.6. The molecule has 6 heteroatoms. The Morgan fingerprint density at radius 3 is 2.79 bits per heavy atom. The van der Waals surface area contributed by atoms with Crippen LogP contribution >= 0.6 is 0 Å². The number of amides is 1. The second-order valence-electron chi connectivity index (χ2n) is 7.33. The number of likely N-dealkylation sites (N-methyl/N-ethyl adjacent to an activating group) is 1. The quantitative estimate of drug-likeness (QED) is 0.633. The highest BCUT2D eigenvalue weighted by atomic mass is 19.1. The molecule has 28 heavy (non-hydrogen) atoms. The second-order valence-corrected chi connectivity index (χ2v) is 7.33. The summed E-state index contributed by atoms with van der Waals surface area (Å²) in [6, 6.07) is 14.3. The average molecular weight is 378 g/mol. The Kier molecular flexibility index (Phi) is 4.96. The number of hydrogen-bond acceptors (Lipinski definition) is 4. The summed E-state index contributed by atoms with van der Waals surface area (Å²) in [6.45, 7) is 1.58. The van der Waals surface area contributed by atoms with Crippen LogP contribution in [0.3, 0.4) is 0 Å². The number of carbonyl (C=O) groups excluding carboxylic acids is 1. The summed E-state index contributed by atoms with van der Waals surface area (Å²) < 4.78 is 14.5. The third kappa shape index (κ3) is 3.31. The molecule has 2 unspecified atom stereocenters. The Bertz CT molecular complexity index is 927. The van der Waals surface area contributed by atoms with Gasteiger partial charge in [0.05, 0.1) is 5.56 Å². The zero-order valence-electron chi connectivity index (χ0n) is 15.7. The van der Waals surface area contributed by atoms with Gasteiger partial charge in [-0.2, -0.15) is 0 Å². The van der Waals surface area contributed by atoms with Crippen molar-refractivity contribution in [3.05, 3.63) is 77.8 Å². The van der Waals surface area contributed by atoms with E-state index in [2.05, 4.69) is 10.2 Å². The fourth-order valence-corrected chi connectivity index (χ4v) is 4.18. The van der Waals surface area contributed by atoms with Gasteiger partial charge in [-0.05, 0) is 49.9 Å². The number of rotatable bonds is 3. The predicted molar refractivity (Wildman–Crippen MR) is 108 cm³/mol. The molecule has 1 amide bonds. The number of para-hydroxylation sites is 1. The van der Waals surface area contributed by atoms with E-state index in [0.29, 0.717) is 0 Å². The number of likely N-dealkylation sites (tertiary alicyclic amines) is 1. The van der Waals surface area contributed by atoms with Gasteiger partial charge in [0.25, 0.3) is 5.91 Å². The highest BCUT2D eigenvalue weighted by Gasteiger charge is 2.44. The van der Waals surface area contributed by atoms with Gasteiger partial charge in [-0.25, -0.2) is 4.39 Å². The summed E-state index contributed by atoms with van der Waals surface area (Å²) in [4.78, 5) is 16.8. The van der Waals surface area contributed by atoms with E-state index >= 15 is 0 Å². The van der Waals surface area contributed by atoms with Crippen molar-refractivity contribution < 1.29 is 9.18 Å². The summed E-state index contributed by atoms with van der Waals surface area (Å²) >= 11 is 0. The smallest absolute Gasteiger partial charge is 0.262 e. The molecule has 1 saturated heterocycles. The highest BCUT2D eigenvalue weighted by molar-refractivity contribution is 6.11. The molecule has 2 aromatic rings. The number of nitrogens with one attached hydrogen (secondary N) is 2. The van der Waals surface area contributed by atoms with E-state index in [1.54, 1.807) is 18.3 Å². The molecule has 2 aromatic carbocycles. The van der Waals surface area contributed by atoms with Crippen LogP contribution in [0.2, 0.25) is 0 Å². The van der Waals surface area contributed by atoms with Gasteiger partial charge in [0.2, 0.25) is 0 Å². The number of nitrogens with zero attached hydrogens (tertiary/aromatic N) is 2. The zero-order valence-corrected chi connectivity index (χ0v) is 15.7. The molecule has 0 bridgehead atoms. The Hall–Kier alpha value is -2.99. The molecule has 1 fully saturated rings. The molecule has 0 radical (unpaired) electrons. The van der Waals surface area contributed by atoms with Crippen molar-refractivity contribution in [1.82, 2.24) is 9.80 Å². The molecular formula is C22H23FN4O. The van der Waals surface area contributed by atoms with Gasteiger partial charge in [0.1, 0.15) is 11.7 Å². The van der Waals surface area contributed by atoms with Crippen molar-refractivity contribution in [2.75, 3.05) is 25.5 Å². The molecule has 2 N–H and O–H groups in total. The second kappa shape index (κ2) is 7.56. The SMILES string of the molecule is CN1CCC2C(C1)c1cccc(F)c1C(=O)N2C(=N)/C=C\Nc1ccccc1. The molecule has 0 spiro atoms. The van der Waals surface area contributed by atoms with Crippen LogP contribution in [0.4, 0.5) is 10.1 Å². The van der Waals surface area contributed by atoms with Crippen LogP contribution < -0.4 is 5.32 Å². The van der Waals surface area contributed by atoms with Crippen LogP contribution in [-0.4, -0.2) is 47.7 Å². The number of carbonyl (C=O) groups is 1. The van der Waals surface area contributed by atoms with Gasteiger partial charge in [-0.15, -0.1) is 0 Å². The molecule has 2 heterocycles. The fourth-order valence-electron chi connectivity index (χ4n) is 4.18. The van der Waals surface area contributed by atoms with Gasteiger partial charge in [0.15, 0.2) is 0 Å². The minimum absolute atomic E-state index is 0.00187. The van der Waals surface area contributed by atoms with Crippen LogP contribution in [-0.2, 0) is 0 Å². The first-order valence-corrected chi connectivity index (χ1v) is 9.43. The van der Waals surface area contributed by atoms with Crippen LogP contribution in [0.15, 0.2) is 60.8 Å². The molecule has 0 aromatic heterocycles. The lowest BCUT2D eigenvalue weighted by molar-refractivity contribution is 0.0666. The number of anilines is 1. The Morgan fingerprint density at radius 1 is 1.21 bits per heavy atom. The number of fused-ring (bicyclic) bond motifs is 3. The molecule has 0 saturated carbocycles. The third-order valence-corrected chi connectivity index (χ3v) is 5.51. The van der Waals surface area contributed by atoms with E-state index in [9.17, 15) is 9.18 Å². The van der Waals surface area contributed by atoms with Crippen LogP contribution in [0, 0.1) is 11.2 Å². The first-order valence-electron chi connectivity index (χ1n) is 9.43. The summed E-state index contributed by atoms with van der Waals surface area (Å²) in [5.41, 5.74) is 1.76. The number of halogens is 1. The van der Waals surface area contributed by atoms with Crippen molar-refractivity contribution in [1.29, 1.82) is 5.41 Å². The summed E-state index contributed by atoms with van der Waals surface area (Å²) in [5.74, 6) is -0.869. The van der Waals surface area contributed by atoms with Crippen LogP contribution in [0.25, 0.3) is 0 Å². The molecule has 144 valence electrons. The van der Waals surface area contributed by atoms with E-state index in [4.69, 9.17) is 5.41 Å². The molecule has 2 aliphatic heterocycles. The lowest BCUT2D eigenvalue weighted by atomic mass is 9.79. The van der Waals surface area contributed by atoms with Gasteiger partial charge in [-0.1, -0.05) is 30.3 Å². The first kappa shape index (κ1) is 18.4. The predicted octanol–water partition coefficient (Wildman–Crippen LogP) is 3.67. The normalized spacial score (nSPS) is 22.1. The van der Waals surface area contributed by atoms with E-state index in [1.807, 2.05) is 43.4 Å². The van der Waals surface area contributed by atoms with Gasteiger partial charge in [-0.3, -0.25) is 15.1 Å². The topological polar surface area (TPSA) is 59.4 Å². The third-order valence-electron chi connectivity index (χ3n) is 5.51. The minimum atomic E-state index is -0.515. The van der Waals surface area contributed by atoms with E-state index in [0.717, 1.165) is 30.8 Å². The van der Waals surface area contributed by atoms with Crippen molar-refractivity contribution in [3.63, 3.8) is 0 Å². The maximum atomic E-state index is 14.5. The van der Waals surface area contributed by atoms with E-state index in [1.165, 1.54) is 11.0 Å². The molecule has 2 aliphatic rings. The molecule has 0 aliphatic carbocycles. The lowest BCUT2D eigenvalue weighted by Crippen LogP contribution is -2.56. The fraction of sp³-hybridized carbons (Fsp3) is 0.273. The molecular weight excluding hydrogens is 355 g/mol. The van der Waals surface area contributed by atoms with Crippen molar-refractivity contribution in [2.24, 2.45) is 0 Å².